The van der Waals surface area contributed by atoms with Gasteiger partial charge in [0.05, 0.1) is 13.2 Å². The molecule has 0 radical (unpaired) electrons. The first-order chi connectivity index (χ1) is 7.66. The molecule has 1 heterocycles. The number of hydrogen-bond donors (Lipinski definition) is 1. The van der Waals surface area contributed by atoms with Gasteiger partial charge in [-0.05, 0) is 43.5 Å². The molecule has 0 spiro atoms. The Morgan fingerprint density at radius 2 is 2.06 bits per heavy atom. The minimum Gasteiger partial charge on any atom is -0.493 e. The molecule has 1 unspecified atom stereocenters. The second-order valence-corrected chi connectivity index (χ2v) is 4.52. The van der Waals surface area contributed by atoms with Crippen molar-refractivity contribution in [3.8, 4) is 5.75 Å². The largest absolute Gasteiger partial charge is 0.493 e. The van der Waals surface area contributed by atoms with E-state index in [0.717, 1.165) is 48.8 Å². The van der Waals surface area contributed by atoms with Crippen LogP contribution in [-0.4, -0.2) is 19.8 Å². The summed E-state index contributed by atoms with van der Waals surface area (Å²) in [6.07, 6.45) is 1.10. The van der Waals surface area contributed by atoms with Gasteiger partial charge in [0.2, 0.25) is 0 Å². The Morgan fingerprint density at radius 3 is 2.62 bits per heavy atom. The van der Waals surface area contributed by atoms with E-state index in [4.69, 9.17) is 15.2 Å². The van der Waals surface area contributed by atoms with Gasteiger partial charge in [0.25, 0.3) is 0 Å². The molecular formula is C13H19NO2. The van der Waals surface area contributed by atoms with Crippen molar-refractivity contribution in [1.82, 2.24) is 0 Å². The normalized spacial score (nSPS) is 20.0. The first kappa shape index (κ1) is 11.3. The van der Waals surface area contributed by atoms with E-state index < -0.39 is 0 Å². The maximum Gasteiger partial charge on any atom is 0.125 e. The molecule has 1 atom stereocenters. The standard InChI is InChI=1S/C13H19NO2/c1-9-5-12(14)6-10(2)13(9)16-8-11-3-4-15-7-11/h5-6,11H,3-4,7-8,14H2,1-2H3. The minimum absolute atomic E-state index is 0.538. The van der Waals surface area contributed by atoms with Crippen LogP contribution in [0.3, 0.4) is 0 Å². The summed E-state index contributed by atoms with van der Waals surface area (Å²) in [4.78, 5) is 0. The van der Waals surface area contributed by atoms with Crippen molar-refractivity contribution in [2.24, 2.45) is 5.92 Å². The first-order valence-electron chi connectivity index (χ1n) is 5.74. The molecule has 88 valence electrons. The molecule has 2 N–H and O–H groups in total. The van der Waals surface area contributed by atoms with Gasteiger partial charge < -0.3 is 15.2 Å². The van der Waals surface area contributed by atoms with Gasteiger partial charge in [0.1, 0.15) is 5.75 Å². The molecule has 0 aliphatic carbocycles. The fourth-order valence-corrected chi connectivity index (χ4v) is 2.13. The lowest BCUT2D eigenvalue weighted by Crippen LogP contribution is -2.12. The van der Waals surface area contributed by atoms with Crippen LogP contribution in [0.25, 0.3) is 0 Å². The van der Waals surface area contributed by atoms with E-state index in [2.05, 4.69) is 0 Å². The lowest BCUT2D eigenvalue weighted by Gasteiger charge is -2.15. The van der Waals surface area contributed by atoms with Crippen LogP contribution in [-0.2, 0) is 4.74 Å². The third-order valence-corrected chi connectivity index (χ3v) is 2.97. The summed E-state index contributed by atoms with van der Waals surface area (Å²) in [5.74, 6) is 1.51. The van der Waals surface area contributed by atoms with E-state index in [1.165, 1.54) is 0 Å². The molecular weight excluding hydrogens is 202 g/mol. The molecule has 16 heavy (non-hydrogen) atoms. The minimum atomic E-state index is 0.538. The number of ether oxygens (including phenoxy) is 2. The van der Waals surface area contributed by atoms with Crippen LogP contribution in [0.4, 0.5) is 5.69 Å². The summed E-state index contributed by atoms with van der Waals surface area (Å²) in [6.45, 7) is 6.50. The van der Waals surface area contributed by atoms with Crippen molar-refractivity contribution >= 4 is 5.69 Å². The van der Waals surface area contributed by atoms with E-state index >= 15 is 0 Å². The third kappa shape index (κ3) is 2.47. The highest BCUT2D eigenvalue weighted by Gasteiger charge is 2.17. The van der Waals surface area contributed by atoms with E-state index in [1.54, 1.807) is 0 Å². The number of benzene rings is 1. The van der Waals surface area contributed by atoms with Crippen LogP contribution in [0, 0.1) is 19.8 Å². The smallest absolute Gasteiger partial charge is 0.125 e. The van der Waals surface area contributed by atoms with Gasteiger partial charge in [-0.1, -0.05) is 0 Å². The van der Waals surface area contributed by atoms with Crippen LogP contribution in [0.2, 0.25) is 0 Å². The number of aryl methyl sites for hydroxylation is 2. The molecule has 0 aromatic heterocycles. The lowest BCUT2D eigenvalue weighted by atomic mass is 10.1. The van der Waals surface area contributed by atoms with Gasteiger partial charge in [0, 0.05) is 18.2 Å². The highest BCUT2D eigenvalue weighted by Crippen LogP contribution is 2.27. The van der Waals surface area contributed by atoms with Crippen molar-refractivity contribution in [2.45, 2.75) is 20.3 Å². The predicted octanol–water partition coefficient (Wildman–Crippen LogP) is 2.30. The highest BCUT2D eigenvalue weighted by molar-refractivity contribution is 5.52. The van der Waals surface area contributed by atoms with Crippen molar-refractivity contribution in [3.05, 3.63) is 23.3 Å². The Kier molecular flexibility index (Phi) is 3.34. The molecule has 1 aromatic rings. The fourth-order valence-electron chi connectivity index (χ4n) is 2.13. The molecule has 3 nitrogen and oxygen atoms in total. The second-order valence-electron chi connectivity index (χ2n) is 4.52. The quantitative estimate of drug-likeness (QED) is 0.796. The number of rotatable bonds is 3. The number of nitrogens with two attached hydrogens (primary N) is 1. The summed E-state index contributed by atoms with van der Waals surface area (Å²) in [5.41, 5.74) is 8.78. The highest BCUT2D eigenvalue weighted by atomic mass is 16.5. The Morgan fingerprint density at radius 1 is 1.38 bits per heavy atom. The molecule has 0 amide bonds. The van der Waals surface area contributed by atoms with Gasteiger partial charge in [-0.15, -0.1) is 0 Å². The summed E-state index contributed by atoms with van der Waals surface area (Å²) in [5, 5.41) is 0. The third-order valence-electron chi connectivity index (χ3n) is 2.97. The Labute approximate surface area is 96.5 Å². The van der Waals surface area contributed by atoms with E-state index in [-0.39, 0.29) is 0 Å². The summed E-state index contributed by atoms with van der Waals surface area (Å²) < 4.78 is 11.2. The molecule has 1 saturated heterocycles. The number of hydrogen-bond acceptors (Lipinski definition) is 3. The van der Waals surface area contributed by atoms with E-state index in [9.17, 15) is 0 Å². The zero-order valence-corrected chi connectivity index (χ0v) is 9.95. The van der Waals surface area contributed by atoms with Crippen molar-refractivity contribution in [1.29, 1.82) is 0 Å². The molecule has 2 rings (SSSR count). The maximum atomic E-state index is 5.87. The fraction of sp³-hybridized carbons (Fsp3) is 0.538. The number of nitrogen functional groups attached to an aromatic ring is 1. The molecule has 3 heteroatoms. The molecule has 1 aliphatic heterocycles. The van der Waals surface area contributed by atoms with Gasteiger partial charge in [-0.2, -0.15) is 0 Å². The van der Waals surface area contributed by atoms with Crippen molar-refractivity contribution in [2.75, 3.05) is 25.6 Å². The summed E-state index contributed by atoms with van der Waals surface area (Å²) in [6, 6.07) is 3.90. The van der Waals surface area contributed by atoms with Gasteiger partial charge in [0.15, 0.2) is 0 Å². The van der Waals surface area contributed by atoms with Gasteiger partial charge in [-0.3, -0.25) is 0 Å². The van der Waals surface area contributed by atoms with Crippen LogP contribution in [0.1, 0.15) is 17.5 Å². The SMILES string of the molecule is Cc1cc(N)cc(C)c1OCC1CCOC1. The van der Waals surface area contributed by atoms with Crippen LogP contribution < -0.4 is 10.5 Å². The Balaban J connectivity index is 2.03. The molecule has 1 fully saturated rings. The molecule has 0 bridgehead atoms. The monoisotopic (exact) mass is 221 g/mol. The van der Waals surface area contributed by atoms with E-state index in [0.29, 0.717) is 5.92 Å². The van der Waals surface area contributed by atoms with E-state index in [1.807, 2.05) is 26.0 Å². The van der Waals surface area contributed by atoms with Crippen molar-refractivity contribution < 1.29 is 9.47 Å². The van der Waals surface area contributed by atoms with Crippen LogP contribution in [0.5, 0.6) is 5.75 Å². The first-order valence-corrected chi connectivity index (χ1v) is 5.74. The zero-order chi connectivity index (χ0) is 11.5. The lowest BCUT2D eigenvalue weighted by molar-refractivity contribution is 0.166. The molecule has 1 aromatic carbocycles. The topological polar surface area (TPSA) is 44.5 Å². The summed E-state index contributed by atoms with van der Waals surface area (Å²) >= 11 is 0. The van der Waals surface area contributed by atoms with Crippen LogP contribution >= 0.6 is 0 Å². The van der Waals surface area contributed by atoms with Gasteiger partial charge in [-0.25, -0.2) is 0 Å². The summed E-state index contributed by atoms with van der Waals surface area (Å²) in [7, 11) is 0. The predicted molar refractivity (Wildman–Crippen MR) is 64.7 cm³/mol. The average Bonchev–Trinajstić information content (AvgIpc) is 2.68. The average molecular weight is 221 g/mol. The zero-order valence-electron chi connectivity index (χ0n) is 9.95. The van der Waals surface area contributed by atoms with Crippen molar-refractivity contribution in [3.63, 3.8) is 0 Å². The maximum absolute atomic E-state index is 5.87. The molecule has 1 aliphatic rings. The molecule has 0 saturated carbocycles. The number of anilines is 1. The Bertz CT molecular complexity index is 347. The van der Waals surface area contributed by atoms with Crippen LogP contribution in [0.15, 0.2) is 12.1 Å². The second kappa shape index (κ2) is 4.74. The van der Waals surface area contributed by atoms with Gasteiger partial charge >= 0.3 is 0 Å². The Hall–Kier alpha value is -1.22.